The molecular weight excluding hydrogens is 164 g/mol. The molecule has 0 spiro atoms. The van der Waals surface area contributed by atoms with Gasteiger partial charge in [-0.25, -0.2) is 0 Å². The van der Waals surface area contributed by atoms with Crippen LogP contribution in [-0.4, -0.2) is 18.2 Å². The van der Waals surface area contributed by atoms with Crippen molar-refractivity contribution < 1.29 is 13.0 Å². The van der Waals surface area contributed by atoms with Crippen molar-refractivity contribution in [1.29, 1.82) is 0 Å². The van der Waals surface area contributed by atoms with E-state index >= 15 is 0 Å². The molecular formula is C7H12O3S. The van der Waals surface area contributed by atoms with Gasteiger partial charge in [0.2, 0.25) is 0 Å². The Morgan fingerprint density at radius 3 is 2.55 bits per heavy atom. The van der Waals surface area contributed by atoms with E-state index < -0.39 is 15.4 Å². The number of hydrogen-bond donors (Lipinski definition) is 1. The summed E-state index contributed by atoms with van der Waals surface area (Å²) in [6.07, 6.45) is 4.00. The molecule has 2 fully saturated rings. The maximum Gasteiger partial charge on any atom is 0.268 e. The molecule has 0 radical (unpaired) electrons. The number of rotatable bonds is 1. The summed E-state index contributed by atoms with van der Waals surface area (Å²) in [6.45, 7) is 0. The average Bonchev–Trinajstić information content (AvgIpc) is 2.08. The van der Waals surface area contributed by atoms with Crippen molar-refractivity contribution in [2.24, 2.45) is 11.8 Å². The van der Waals surface area contributed by atoms with Crippen LogP contribution >= 0.6 is 0 Å². The Bertz CT molecular complexity index is 257. The summed E-state index contributed by atoms with van der Waals surface area (Å²) in [5.74, 6) is 0.881. The molecule has 4 heteroatoms. The summed E-state index contributed by atoms with van der Waals surface area (Å²) < 4.78 is 30.2. The van der Waals surface area contributed by atoms with E-state index in [0.29, 0.717) is 12.3 Å². The van der Waals surface area contributed by atoms with E-state index in [1.807, 2.05) is 0 Å². The predicted octanol–water partition coefficient (Wildman–Crippen LogP) is 1.06. The lowest BCUT2D eigenvalue weighted by atomic mass is 9.76. The second-order valence-corrected chi connectivity index (χ2v) is 5.28. The number of fused-ring (bicyclic) bond motifs is 1. The molecule has 2 saturated carbocycles. The van der Waals surface area contributed by atoms with Crippen LogP contribution in [0, 0.1) is 11.8 Å². The van der Waals surface area contributed by atoms with E-state index in [1.165, 1.54) is 0 Å². The molecule has 0 bridgehead atoms. The van der Waals surface area contributed by atoms with Gasteiger partial charge in [0.05, 0.1) is 5.25 Å². The summed E-state index contributed by atoms with van der Waals surface area (Å²) in [5.41, 5.74) is 0. The van der Waals surface area contributed by atoms with Gasteiger partial charge in [0, 0.05) is 0 Å². The SMILES string of the molecule is O=S(=O)(O)C1CC2CCCC21. The van der Waals surface area contributed by atoms with Crippen molar-refractivity contribution in [1.82, 2.24) is 0 Å². The molecule has 0 aromatic carbocycles. The molecule has 11 heavy (non-hydrogen) atoms. The van der Waals surface area contributed by atoms with Crippen molar-refractivity contribution in [3.63, 3.8) is 0 Å². The van der Waals surface area contributed by atoms with Crippen LogP contribution in [-0.2, 0) is 10.1 Å². The first kappa shape index (κ1) is 7.55. The largest absolute Gasteiger partial charge is 0.285 e. The third-order valence-electron chi connectivity index (χ3n) is 3.11. The molecule has 64 valence electrons. The quantitative estimate of drug-likeness (QED) is 0.608. The first-order valence-electron chi connectivity index (χ1n) is 4.05. The Morgan fingerprint density at radius 2 is 2.00 bits per heavy atom. The molecule has 0 saturated heterocycles. The zero-order chi connectivity index (χ0) is 8.06. The zero-order valence-electron chi connectivity index (χ0n) is 6.23. The second-order valence-electron chi connectivity index (χ2n) is 3.64. The van der Waals surface area contributed by atoms with Crippen molar-refractivity contribution in [2.75, 3.05) is 0 Å². The highest BCUT2D eigenvalue weighted by Crippen LogP contribution is 2.49. The highest BCUT2D eigenvalue weighted by atomic mass is 32.2. The Morgan fingerprint density at radius 1 is 1.27 bits per heavy atom. The van der Waals surface area contributed by atoms with Crippen LogP contribution in [0.25, 0.3) is 0 Å². The lowest BCUT2D eigenvalue weighted by molar-refractivity contribution is 0.212. The van der Waals surface area contributed by atoms with Gasteiger partial charge in [-0.1, -0.05) is 12.8 Å². The normalized spacial score (nSPS) is 43.2. The van der Waals surface area contributed by atoms with Crippen LogP contribution in [0.3, 0.4) is 0 Å². The third-order valence-corrected chi connectivity index (χ3v) is 4.42. The molecule has 3 atom stereocenters. The fourth-order valence-corrected chi connectivity index (χ4v) is 3.76. The molecule has 2 rings (SSSR count). The standard InChI is InChI=1S/C7H12O3S/c8-11(9,10)7-4-5-2-1-3-6(5)7/h5-7H,1-4H2,(H,8,9,10). The van der Waals surface area contributed by atoms with Crippen LogP contribution in [0.2, 0.25) is 0 Å². The van der Waals surface area contributed by atoms with Crippen LogP contribution in [0.4, 0.5) is 0 Å². The van der Waals surface area contributed by atoms with Crippen LogP contribution < -0.4 is 0 Å². The van der Waals surface area contributed by atoms with E-state index in [1.54, 1.807) is 0 Å². The van der Waals surface area contributed by atoms with Gasteiger partial charge in [0.1, 0.15) is 0 Å². The van der Waals surface area contributed by atoms with Crippen molar-refractivity contribution >= 4 is 10.1 Å². The first-order valence-corrected chi connectivity index (χ1v) is 5.55. The molecule has 0 aromatic heterocycles. The predicted molar refractivity (Wildman–Crippen MR) is 40.8 cm³/mol. The lowest BCUT2D eigenvalue weighted by Crippen LogP contribution is -2.43. The molecule has 0 amide bonds. The fourth-order valence-electron chi connectivity index (χ4n) is 2.47. The third kappa shape index (κ3) is 1.08. The van der Waals surface area contributed by atoms with Crippen molar-refractivity contribution in [2.45, 2.75) is 30.9 Å². The van der Waals surface area contributed by atoms with Crippen molar-refractivity contribution in [3.8, 4) is 0 Å². The van der Waals surface area contributed by atoms with Gasteiger partial charge >= 0.3 is 0 Å². The minimum atomic E-state index is -3.72. The highest BCUT2D eigenvalue weighted by Gasteiger charge is 2.49. The Kier molecular flexibility index (Phi) is 1.51. The Balaban J connectivity index is 2.12. The van der Waals surface area contributed by atoms with E-state index in [9.17, 15) is 8.42 Å². The van der Waals surface area contributed by atoms with E-state index in [2.05, 4.69) is 0 Å². The molecule has 0 aliphatic heterocycles. The van der Waals surface area contributed by atoms with Gasteiger partial charge in [-0.2, -0.15) is 8.42 Å². The summed E-state index contributed by atoms with van der Waals surface area (Å²) in [7, 11) is -3.72. The van der Waals surface area contributed by atoms with E-state index in [-0.39, 0.29) is 5.92 Å². The monoisotopic (exact) mass is 176 g/mol. The van der Waals surface area contributed by atoms with Gasteiger partial charge in [-0.15, -0.1) is 0 Å². The minimum Gasteiger partial charge on any atom is -0.285 e. The molecule has 3 nitrogen and oxygen atoms in total. The second kappa shape index (κ2) is 2.20. The van der Waals surface area contributed by atoms with Gasteiger partial charge in [0.25, 0.3) is 10.1 Å². The maximum absolute atomic E-state index is 10.7. The van der Waals surface area contributed by atoms with Crippen molar-refractivity contribution in [3.05, 3.63) is 0 Å². The smallest absolute Gasteiger partial charge is 0.268 e. The van der Waals surface area contributed by atoms with Crippen LogP contribution in [0.15, 0.2) is 0 Å². The highest BCUT2D eigenvalue weighted by molar-refractivity contribution is 7.86. The molecule has 0 aromatic rings. The molecule has 2 aliphatic rings. The Hall–Kier alpha value is -0.0900. The fraction of sp³-hybridized carbons (Fsp3) is 1.00. The van der Waals surface area contributed by atoms with Gasteiger partial charge in [0.15, 0.2) is 0 Å². The van der Waals surface area contributed by atoms with Crippen LogP contribution in [0.5, 0.6) is 0 Å². The van der Waals surface area contributed by atoms with E-state index in [4.69, 9.17) is 4.55 Å². The first-order chi connectivity index (χ1) is 5.09. The topological polar surface area (TPSA) is 54.4 Å². The lowest BCUT2D eigenvalue weighted by Gasteiger charge is -2.37. The Labute approximate surface area is 66.5 Å². The maximum atomic E-state index is 10.7. The van der Waals surface area contributed by atoms with Gasteiger partial charge < -0.3 is 0 Å². The molecule has 0 heterocycles. The van der Waals surface area contributed by atoms with Crippen LogP contribution in [0.1, 0.15) is 25.7 Å². The van der Waals surface area contributed by atoms with Gasteiger partial charge in [-0.3, -0.25) is 4.55 Å². The summed E-state index contributed by atoms with van der Waals surface area (Å²) in [5, 5.41) is -0.421. The summed E-state index contributed by atoms with van der Waals surface area (Å²) in [4.78, 5) is 0. The van der Waals surface area contributed by atoms with E-state index in [0.717, 1.165) is 19.3 Å². The average molecular weight is 176 g/mol. The summed E-state index contributed by atoms with van der Waals surface area (Å²) >= 11 is 0. The molecule has 1 N–H and O–H groups in total. The minimum absolute atomic E-state index is 0.282. The molecule has 2 aliphatic carbocycles. The zero-order valence-corrected chi connectivity index (χ0v) is 7.05. The van der Waals surface area contributed by atoms with Gasteiger partial charge in [-0.05, 0) is 24.7 Å². The number of hydrogen-bond acceptors (Lipinski definition) is 2. The summed E-state index contributed by atoms with van der Waals surface area (Å²) in [6, 6.07) is 0. The molecule has 3 unspecified atom stereocenters.